The molecule has 0 saturated carbocycles. The van der Waals surface area contributed by atoms with Gasteiger partial charge in [-0.25, -0.2) is 4.52 Å². The highest BCUT2D eigenvalue weighted by atomic mass is 15.2. The Balaban J connectivity index is 2.64. The molecule has 2 heteroatoms. The molecule has 0 amide bonds. The Morgan fingerprint density at radius 1 is 1.23 bits per heavy atom. The summed E-state index contributed by atoms with van der Waals surface area (Å²) in [7, 11) is 0. The molecular formula is C11H7N2. The van der Waals surface area contributed by atoms with Crippen molar-refractivity contribution in [3.05, 3.63) is 48.7 Å². The second-order valence-corrected chi connectivity index (χ2v) is 2.97. The SMILES string of the molecule is [c]1ccc2nn3ccccc3c2c1. The minimum Gasteiger partial charge on any atom is -0.240 e. The number of rotatable bonds is 0. The summed E-state index contributed by atoms with van der Waals surface area (Å²) >= 11 is 0. The van der Waals surface area contributed by atoms with Gasteiger partial charge in [0.15, 0.2) is 0 Å². The van der Waals surface area contributed by atoms with Crippen molar-refractivity contribution in [2.75, 3.05) is 0 Å². The highest BCUT2D eigenvalue weighted by Crippen LogP contribution is 2.17. The Kier molecular flexibility index (Phi) is 1.19. The maximum absolute atomic E-state index is 4.41. The zero-order valence-corrected chi connectivity index (χ0v) is 6.94. The topological polar surface area (TPSA) is 17.3 Å². The largest absolute Gasteiger partial charge is 0.240 e. The molecule has 1 radical (unpaired) electrons. The van der Waals surface area contributed by atoms with Crippen LogP contribution in [0.4, 0.5) is 0 Å². The number of hydrogen-bond donors (Lipinski definition) is 0. The Morgan fingerprint density at radius 3 is 3.23 bits per heavy atom. The Labute approximate surface area is 75.4 Å². The first-order valence-electron chi connectivity index (χ1n) is 4.18. The van der Waals surface area contributed by atoms with E-state index in [4.69, 9.17) is 0 Å². The van der Waals surface area contributed by atoms with Crippen molar-refractivity contribution in [1.82, 2.24) is 9.61 Å². The van der Waals surface area contributed by atoms with Crippen LogP contribution in [0.5, 0.6) is 0 Å². The van der Waals surface area contributed by atoms with Crippen LogP contribution >= 0.6 is 0 Å². The number of pyridine rings is 1. The predicted octanol–water partition coefficient (Wildman–Crippen LogP) is 2.29. The molecule has 0 atom stereocenters. The number of benzene rings is 1. The average molecular weight is 167 g/mol. The maximum atomic E-state index is 4.41. The molecular weight excluding hydrogens is 160 g/mol. The Bertz CT molecular complexity index is 516. The van der Waals surface area contributed by atoms with Crippen molar-refractivity contribution in [3.8, 4) is 0 Å². The fraction of sp³-hybridized carbons (Fsp3) is 0. The van der Waals surface area contributed by atoms with Crippen LogP contribution in [0.3, 0.4) is 0 Å². The van der Waals surface area contributed by atoms with Crippen LogP contribution in [0.25, 0.3) is 16.4 Å². The van der Waals surface area contributed by atoms with Crippen molar-refractivity contribution in [2.45, 2.75) is 0 Å². The third-order valence-corrected chi connectivity index (χ3v) is 2.17. The molecule has 1 aromatic carbocycles. The van der Waals surface area contributed by atoms with E-state index in [-0.39, 0.29) is 0 Å². The summed E-state index contributed by atoms with van der Waals surface area (Å²) in [5.74, 6) is 0. The van der Waals surface area contributed by atoms with Crippen molar-refractivity contribution in [1.29, 1.82) is 0 Å². The van der Waals surface area contributed by atoms with Gasteiger partial charge in [-0.1, -0.05) is 12.1 Å². The lowest BCUT2D eigenvalue weighted by molar-refractivity contribution is 0.982. The van der Waals surface area contributed by atoms with Gasteiger partial charge in [0.2, 0.25) is 0 Å². The molecule has 0 fully saturated rings. The highest BCUT2D eigenvalue weighted by Gasteiger charge is 2.00. The van der Waals surface area contributed by atoms with E-state index in [0.717, 1.165) is 16.4 Å². The van der Waals surface area contributed by atoms with Gasteiger partial charge in [0.05, 0.1) is 11.0 Å². The molecule has 3 aromatic rings. The van der Waals surface area contributed by atoms with Crippen LogP contribution in [0.15, 0.2) is 42.6 Å². The van der Waals surface area contributed by atoms with Crippen molar-refractivity contribution < 1.29 is 0 Å². The molecule has 0 aliphatic rings. The fourth-order valence-corrected chi connectivity index (χ4v) is 1.57. The van der Waals surface area contributed by atoms with Crippen molar-refractivity contribution >= 4 is 16.4 Å². The first-order valence-corrected chi connectivity index (χ1v) is 4.18. The number of aromatic nitrogens is 2. The van der Waals surface area contributed by atoms with Gasteiger partial charge in [0, 0.05) is 11.6 Å². The summed E-state index contributed by atoms with van der Waals surface area (Å²) in [4.78, 5) is 0. The molecule has 13 heavy (non-hydrogen) atoms. The van der Waals surface area contributed by atoms with E-state index >= 15 is 0 Å². The lowest BCUT2D eigenvalue weighted by atomic mass is 10.2. The first-order chi connectivity index (χ1) is 6.45. The summed E-state index contributed by atoms with van der Waals surface area (Å²) in [6.07, 6.45) is 1.95. The normalized spacial score (nSPS) is 11.1. The van der Waals surface area contributed by atoms with Crippen LogP contribution in [-0.4, -0.2) is 9.61 Å². The summed E-state index contributed by atoms with van der Waals surface area (Å²) in [5, 5.41) is 5.57. The molecule has 0 spiro atoms. The second kappa shape index (κ2) is 2.33. The minimum atomic E-state index is 1.02. The summed E-state index contributed by atoms with van der Waals surface area (Å²) in [5.41, 5.74) is 2.15. The van der Waals surface area contributed by atoms with E-state index in [9.17, 15) is 0 Å². The quantitative estimate of drug-likeness (QED) is 0.502. The van der Waals surface area contributed by atoms with Gasteiger partial charge in [-0.2, -0.15) is 5.10 Å². The second-order valence-electron chi connectivity index (χ2n) is 2.97. The molecule has 0 aliphatic carbocycles. The lowest BCUT2D eigenvalue weighted by Gasteiger charge is -1.88. The van der Waals surface area contributed by atoms with Gasteiger partial charge in [-0.05, 0) is 30.3 Å². The van der Waals surface area contributed by atoms with Crippen molar-refractivity contribution in [2.24, 2.45) is 0 Å². The maximum Gasteiger partial charge on any atom is 0.0934 e. The predicted molar refractivity (Wildman–Crippen MR) is 51.5 cm³/mol. The molecule has 0 aliphatic heterocycles. The number of hydrogen-bond acceptors (Lipinski definition) is 1. The summed E-state index contributed by atoms with van der Waals surface area (Å²) in [6, 6.07) is 14.9. The number of nitrogens with zero attached hydrogens (tertiary/aromatic N) is 2. The van der Waals surface area contributed by atoms with Gasteiger partial charge in [-0.15, -0.1) is 0 Å². The molecule has 3 rings (SSSR count). The Hall–Kier alpha value is -1.83. The van der Waals surface area contributed by atoms with E-state index < -0.39 is 0 Å². The molecule has 0 unspecified atom stereocenters. The van der Waals surface area contributed by atoms with Gasteiger partial charge in [0.1, 0.15) is 0 Å². The average Bonchev–Trinajstić information content (AvgIpc) is 2.56. The van der Waals surface area contributed by atoms with E-state index in [1.165, 1.54) is 0 Å². The third kappa shape index (κ3) is 0.855. The van der Waals surface area contributed by atoms with E-state index in [2.05, 4.69) is 17.2 Å². The monoisotopic (exact) mass is 167 g/mol. The molecule has 2 aromatic heterocycles. The molecule has 61 valence electrons. The van der Waals surface area contributed by atoms with Gasteiger partial charge >= 0.3 is 0 Å². The van der Waals surface area contributed by atoms with E-state index in [0.29, 0.717) is 0 Å². The van der Waals surface area contributed by atoms with Gasteiger partial charge in [-0.3, -0.25) is 0 Å². The molecule has 2 nitrogen and oxygen atoms in total. The fourth-order valence-electron chi connectivity index (χ4n) is 1.57. The van der Waals surface area contributed by atoms with Crippen LogP contribution < -0.4 is 0 Å². The van der Waals surface area contributed by atoms with Crippen LogP contribution in [0, 0.1) is 6.07 Å². The van der Waals surface area contributed by atoms with E-state index in [1.807, 2.05) is 41.0 Å². The molecule has 0 bridgehead atoms. The van der Waals surface area contributed by atoms with E-state index in [1.54, 1.807) is 0 Å². The summed E-state index contributed by atoms with van der Waals surface area (Å²) in [6.45, 7) is 0. The van der Waals surface area contributed by atoms with Crippen molar-refractivity contribution in [3.63, 3.8) is 0 Å². The first kappa shape index (κ1) is 6.66. The van der Waals surface area contributed by atoms with Gasteiger partial charge < -0.3 is 0 Å². The van der Waals surface area contributed by atoms with Crippen LogP contribution in [-0.2, 0) is 0 Å². The zero-order chi connectivity index (χ0) is 8.67. The standard InChI is InChI=1S/C11H7N2/c1-2-6-10-9(5-1)11-7-3-4-8-13(11)12-10/h2-8H. The Morgan fingerprint density at radius 2 is 2.23 bits per heavy atom. The van der Waals surface area contributed by atoms with Crippen LogP contribution in [0.1, 0.15) is 0 Å². The highest BCUT2D eigenvalue weighted by molar-refractivity contribution is 5.93. The summed E-state index contributed by atoms with van der Waals surface area (Å²) < 4.78 is 1.89. The third-order valence-electron chi connectivity index (χ3n) is 2.17. The zero-order valence-electron chi connectivity index (χ0n) is 6.94. The lowest BCUT2D eigenvalue weighted by Crippen LogP contribution is -1.82. The molecule has 0 N–H and O–H groups in total. The molecule has 0 saturated heterocycles. The van der Waals surface area contributed by atoms with Gasteiger partial charge in [0.25, 0.3) is 0 Å². The smallest absolute Gasteiger partial charge is 0.0934 e. The van der Waals surface area contributed by atoms with Crippen LogP contribution in [0.2, 0.25) is 0 Å². The number of fused-ring (bicyclic) bond motifs is 3. The minimum absolute atomic E-state index is 1.02. The molecule has 2 heterocycles.